The van der Waals surface area contributed by atoms with Gasteiger partial charge in [0.15, 0.2) is 17.3 Å². The van der Waals surface area contributed by atoms with Gasteiger partial charge in [-0.2, -0.15) is 0 Å². The maximum Gasteiger partial charge on any atom is 0.231 e. The average Bonchev–Trinajstić information content (AvgIpc) is 2.79. The van der Waals surface area contributed by atoms with E-state index in [4.69, 9.17) is 21.1 Å². The van der Waals surface area contributed by atoms with E-state index in [9.17, 15) is 0 Å². The van der Waals surface area contributed by atoms with Crippen LogP contribution in [0.1, 0.15) is 5.56 Å². The largest absolute Gasteiger partial charge is 0.454 e. The molecule has 0 radical (unpaired) electrons. The molecule has 0 aliphatic carbocycles. The molecular weight excluding hydrogens is 240 g/mol. The smallest absolute Gasteiger partial charge is 0.231 e. The quantitative estimate of drug-likeness (QED) is 0.728. The SMILES string of the molecule is Cc1cnc(-c2ccc3c(c2)OCO3)nc1Cl. The van der Waals surface area contributed by atoms with Gasteiger partial charge in [0.05, 0.1) is 0 Å². The summed E-state index contributed by atoms with van der Waals surface area (Å²) >= 11 is 5.97. The minimum atomic E-state index is 0.258. The summed E-state index contributed by atoms with van der Waals surface area (Å²) in [7, 11) is 0. The van der Waals surface area contributed by atoms with Crippen molar-refractivity contribution in [2.24, 2.45) is 0 Å². The van der Waals surface area contributed by atoms with Crippen molar-refractivity contribution in [2.45, 2.75) is 6.92 Å². The van der Waals surface area contributed by atoms with Crippen molar-refractivity contribution in [1.29, 1.82) is 0 Å². The van der Waals surface area contributed by atoms with Crippen molar-refractivity contribution < 1.29 is 9.47 Å². The fourth-order valence-corrected chi connectivity index (χ4v) is 1.72. The Morgan fingerprint density at radius 1 is 1.24 bits per heavy atom. The highest BCUT2D eigenvalue weighted by Crippen LogP contribution is 2.35. The first-order chi connectivity index (χ1) is 8.24. The standard InChI is InChI=1S/C12H9ClN2O2/c1-7-5-14-12(15-11(7)13)8-2-3-9-10(4-8)17-6-16-9/h2-5H,6H2,1H3. The van der Waals surface area contributed by atoms with Crippen LogP contribution < -0.4 is 9.47 Å². The molecule has 0 fully saturated rings. The van der Waals surface area contributed by atoms with Crippen molar-refractivity contribution in [3.63, 3.8) is 0 Å². The summed E-state index contributed by atoms with van der Waals surface area (Å²) < 4.78 is 10.5. The molecule has 3 rings (SSSR count). The molecule has 0 bridgehead atoms. The van der Waals surface area contributed by atoms with E-state index in [1.807, 2.05) is 25.1 Å². The Morgan fingerprint density at radius 3 is 2.88 bits per heavy atom. The zero-order valence-electron chi connectivity index (χ0n) is 9.11. The van der Waals surface area contributed by atoms with Gasteiger partial charge in [0.1, 0.15) is 5.15 Å². The normalized spacial score (nSPS) is 12.8. The number of rotatable bonds is 1. The van der Waals surface area contributed by atoms with Crippen LogP contribution in [0.3, 0.4) is 0 Å². The first-order valence-electron chi connectivity index (χ1n) is 5.13. The van der Waals surface area contributed by atoms with Gasteiger partial charge in [-0.15, -0.1) is 0 Å². The highest BCUT2D eigenvalue weighted by Gasteiger charge is 2.15. The molecule has 0 spiro atoms. The van der Waals surface area contributed by atoms with E-state index in [0.717, 1.165) is 16.9 Å². The number of hydrogen-bond acceptors (Lipinski definition) is 4. The molecule has 5 heteroatoms. The van der Waals surface area contributed by atoms with Gasteiger partial charge in [-0.25, -0.2) is 9.97 Å². The topological polar surface area (TPSA) is 44.2 Å². The second kappa shape index (κ2) is 3.89. The summed E-state index contributed by atoms with van der Waals surface area (Å²) in [5, 5.41) is 0.465. The minimum absolute atomic E-state index is 0.258. The third-order valence-electron chi connectivity index (χ3n) is 2.54. The van der Waals surface area contributed by atoms with E-state index in [2.05, 4.69) is 9.97 Å². The predicted molar refractivity (Wildman–Crippen MR) is 63.3 cm³/mol. The molecule has 0 N–H and O–H groups in total. The number of ether oxygens (including phenoxy) is 2. The molecule has 0 amide bonds. The van der Waals surface area contributed by atoms with Crippen molar-refractivity contribution in [2.75, 3.05) is 6.79 Å². The molecule has 2 aromatic rings. The molecule has 1 aromatic carbocycles. The number of fused-ring (bicyclic) bond motifs is 1. The van der Waals surface area contributed by atoms with Gasteiger partial charge in [-0.3, -0.25) is 0 Å². The van der Waals surface area contributed by atoms with Gasteiger partial charge in [0.25, 0.3) is 0 Å². The Labute approximate surface area is 103 Å². The maximum absolute atomic E-state index is 5.97. The summed E-state index contributed by atoms with van der Waals surface area (Å²) in [6, 6.07) is 5.58. The van der Waals surface area contributed by atoms with Gasteiger partial charge < -0.3 is 9.47 Å². The van der Waals surface area contributed by atoms with E-state index in [1.54, 1.807) is 6.20 Å². The average molecular weight is 249 g/mol. The maximum atomic E-state index is 5.97. The van der Waals surface area contributed by atoms with E-state index in [-0.39, 0.29) is 6.79 Å². The van der Waals surface area contributed by atoms with Gasteiger partial charge >= 0.3 is 0 Å². The summed E-state index contributed by atoms with van der Waals surface area (Å²) in [5.41, 5.74) is 1.72. The second-order valence-electron chi connectivity index (χ2n) is 3.74. The third kappa shape index (κ3) is 1.80. The van der Waals surface area contributed by atoms with Crippen LogP contribution in [0.25, 0.3) is 11.4 Å². The molecule has 4 nitrogen and oxygen atoms in total. The Hall–Kier alpha value is -1.81. The number of aryl methyl sites for hydroxylation is 1. The molecule has 1 aliphatic rings. The van der Waals surface area contributed by atoms with Gasteiger partial charge in [0, 0.05) is 17.3 Å². The highest BCUT2D eigenvalue weighted by atomic mass is 35.5. The van der Waals surface area contributed by atoms with Crippen LogP contribution in [-0.2, 0) is 0 Å². The second-order valence-corrected chi connectivity index (χ2v) is 4.09. The van der Waals surface area contributed by atoms with Gasteiger partial charge in [0.2, 0.25) is 6.79 Å². The lowest BCUT2D eigenvalue weighted by atomic mass is 10.2. The van der Waals surface area contributed by atoms with E-state index in [0.29, 0.717) is 16.7 Å². The van der Waals surface area contributed by atoms with Crippen molar-refractivity contribution in [1.82, 2.24) is 9.97 Å². The lowest BCUT2D eigenvalue weighted by Gasteiger charge is -2.03. The van der Waals surface area contributed by atoms with Crippen LogP contribution in [0.4, 0.5) is 0 Å². The fraction of sp³-hybridized carbons (Fsp3) is 0.167. The van der Waals surface area contributed by atoms with Crippen LogP contribution in [0, 0.1) is 6.92 Å². The van der Waals surface area contributed by atoms with Crippen LogP contribution in [0.15, 0.2) is 24.4 Å². The van der Waals surface area contributed by atoms with Crippen LogP contribution in [0.5, 0.6) is 11.5 Å². The molecule has 0 saturated heterocycles. The summed E-state index contributed by atoms with van der Waals surface area (Å²) in [5.74, 6) is 2.04. The number of halogens is 1. The Morgan fingerprint density at radius 2 is 2.06 bits per heavy atom. The Bertz CT molecular complexity index is 587. The molecule has 86 valence electrons. The monoisotopic (exact) mass is 248 g/mol. The van der Waals surface area contributed by atoms with Gasteiger partial charge in [-0.05, 0) is 25.1 Å². The number of benzene rings is 1. The van der Waals surface area contributed by atoms with Crippen molar-refractivity contribution >= 4 is 11.6 Å². The fourth-order valence-electron chi connectivity index (χ4n) is 1.60. The molecule has 1 aliphatic heterocycles. The summed E-state index contributed by atoms with van der Waals surface area (Å²) in [4.78, 5) is 8.47. The lowest BCUT2D eigenvalue weighted by molar-refractivity contribution is 0.174. The van der Waals surface area contributed by atoms with Crippen molar-refractivity contribution in [3.05, 3.63) is 35.1 Å². The third-order valence-corrected chi connectivity index (χ3v) is 2.92. The first-order valence-corrected chi connectivity index (χ1v) is 5.51. The van der Waals surface area contributed by atoms with Crippen LogP contribution >= 0.6 is 11.6 Å². The van der Waals surface area contributed by atoms with Crippen LogP contribution in [0.2, 0.25) is 5.15 Å². The Balaban J connectivity index is 2.06. The molecular formula is C12H9ClN2O2. The molecule has 0 atom stereocenters. The van der Waals surface area contributed by atoms with Gasteiger partial charge in [-0.1, -0.05) is 11.6 Å². The Kier molecular flexibility index (Phi) is 2.37. The molecule has 1 aromatic heterocycles. The van der Waals surface area contributed by atoms with Crippen molar-refractivity contribution in [3.8, 4) is 22.9 Å². The molecule has 0 saturated carbocycles. The number of aromatic nitrogens is 2. The lowest BCUT2D eigenvalue weighted by Crippen LogP contribution is -1.93. The summed E-state index contributed by atoms with van der Waals surface area (Å²) in [6.07, 6.45) is 1.70. The highest BCUT2D eigenvalue weighted by molar-refractivity contribution is 6.30. The molecule has 17 heavy (non-hydrogen) atoms. The minimum Gasteiger partial charge on any atom is -0.454 e. The van der Waals surface area contributed by atoms with E-state index < -0.39 is 0 Å². The molecule has 0 unspecified atom stereocenters. The van der Waals surface area contributed by atoms with E-state index >= 15 is 0 Å². The summed E-state index contributed by atoms with van der Waals surface area (Å²) in [6.45, 7) is 2.13. The first kappa shape index (κ1) is 10.4. The zero-order valence-corrected chi connectivity index (χ0v) is 9.86. The van der Waals surface area contributed by atoms with Crippen LogP contribution in [-0.4, -0.2) is 16.8 Å². The predicted octanol–water partition coefficient (Wildman–Crippen LogP) is 2.83. The number of hydrogen-bond donors (Lipinski definition) is 0. The zero-order chi connectivity index (χ0) is 11.8. The van der Waals surface area contributed by atoms with E-state index in [1.165, 1.54) is 0 Å². The number of nitrogens with zero attached hydrogens (tertiary/aromatic N) is 2. The molecule has 2 heterocycles.